The molecule has 0 aliphatic heterocycles. The van der Waals surface area contributed by atoms with Crippen molar-refractivity contribution in [1.29, 1.82) is 0 Å². The third-order valence-corrected chi connectivity index (χ3v) is 5.93. The van der Waals surface area contributed by atoms with Crippen LogP contribution in [0.25, 0.3) is 0 Å². The minimum Gasteiger partial charge on any atom is -0.744 e. The minimum absolute atomic E-state index is 0. The zero-order valence-corrected chi connectivity index (χ0v) is 20.8. The molecule has 0 radical (unpaired) electrons. The number of hydrogen-bond donors (Lipinski definition) is 0. The summed E-state index contributed by atoms with van der Waals surface area (Å²) in [7, 11) is -14.0. The molecule has 0 aliphatic rings. The molecule has 0 bridgehead atoms. The number of hydrogen-bond acceptors (Lipinski definition) is 9. The molecule has 3 rings (SSSR count). The summed E-state index contributed by atoms with van der Waals surface area (Å²) in [5.74, 6) is -3.03. The Morgan fingerprint density at radius 1 is 0.441 bits per heavy atom. The van der Waals surface area contributed by atoms with Gasteiger partial charge < -0.3 is 13.7 Å². The summed E-state index contributed by atoms with van der Waals surface area (Å²) in [5, 5.41) is 0. The van der Waals surface area contributed by atoms with Crippen molar-refractivity contribution < 1.29 is 77.9 Å². The van der Waals surface area contributed by atoms with E-state index in [-0.39, 0.29) is 25.8 Å². The summed E-state index contributed by atoms with van der Waals surface area (Å²) in [6, 6.07) is 13.3. The normalized spacial score (nSPS) is 11.1. The van der Waals surface area contributed by atoms with Gasteiger partial charge in [0.25, 0.3) is 0 Å². The zero-order valence-electron chi connectivity index (χ0n) is 16.5. The molecule has 0 saturated heterocycles. The molecule has 34 heavy (non-hydrogen) atoms. The third kappa shape index (κ3) is 10.5. The van der Waals surface area contributed by atoms with Crippen molar-refractivity contribution in [3.8, 4) is 0 Å². The van der Waals surface area contributed by atoms with E-state index in [4.69, 9.17) is 0 Å². The fourth-order valence-electron chi connectivity index (χ4n) is 1.94. The Morgan fingerprint density at radius 2 is 0.618 bits per heavy atom. The van der Waals surface area contributed by atoms with Crippen molar-refractivity contribution in [3.63, 3.8) is 0 Å². The number of halogens is 3. The summed E-state index contributed by atoms with van der Waals surface area (Å²) in [4.78, 5) is -2.42. The summed E-state index contributed by atoms with van der Waals surface area (Å²) < 4.78 is 130. The van der Waals surface area contributed by atoms with E-state index < -0.39 is 62.5 Å². The van der Waals surface area contributed by atoms with Crippen LogP contribution in [0.2, 0.25) is 0 Å². The van der Waals surface area contributed by atoms with Crippen LogP contribution in [0.15, 0.2) is 87.5 Å². The second-order valence-corrected chi connectivity index (χ2v) is 9.70. The molecule has 16 heteroatoms. The summed E-state index contributed by atoms with van der Waals surface area (Å²) in [6.45, 7) is 0. The van der Waals surface area contributed by atoms with Gasteiger partial charge in [-0.2, -0.15) is 0 Å². The van der Waals surface area contributed by atoms with E-state index in [1.807, 2.05) is 0 Å². The van der Waals surface area contributed by atoms with Crippen molar-refractivity contribution in [3.05, 3.63) is 90.2 Å². The van der Waals surface area contributed by atoms with E-state index in [0.29, 0.717) is 0 Å². The van der Waals surface area contributed by atoms with Gasteiger partial charge in [0.2, 0.25) is 0 Å². The first kappa shape index (κ1) is 32.1. The molecule has 0 spiro atoms. The van der Waals surface area contributed by atoms with Crippen LogP contribution in [0.1, 0.15) is 0 Å². The molecule has 0 saturated carbocycles. The monoisotopic (exact) mass is 570 g/mol. The molecule has 180 valence electrons. The largest absolute Gasteiger partial charge is 3.00 e. The Morgan fingerprint density at radius 3 is 0.735 bits per heavy atom. The van der Waals surface area contributed by atoms with Crippen molar-refractivity contribution in [2.75, 3.05) is 0 Å². The van der Waals surface area contributed by atoms with Crippen LogP contribution in [0.4, 0.5) is 13.2 Å². The predicted molar refractivity (Wildman–Crippen MR) is 103 cm³/mol. The molecule has 0 atom stereocenters. The molecular formula is C18H12F3O9S3Sc. The van der Waals surface area contributed by atoms with Crippen molar-refractivity contribution in [1.82, 2.24) is 0 Å². The van der Waals surface area contributed by atoms with Crippen LogP contribution in [0.3, 0.4) is 0 Å². The van der Waals surface area contributed by atoms with Gasteiger partial charge in [0.15, 0.2) is 0 Å². The first-order valence-electron chi connectivity index (χ1n) is 8.16. The fraction of sp³-hybridized carbons (Fsp3) is 0. The molecule has 0 N–H and O–H groups in total. The summed E-state index contributed by atoms with van der Waals surface area (Å²) >= 11 is 0. The minimum atomic E-state index is -4.66. The van der Waals surface area contributed by atoms with Gasteiger partial charge in [-0.3, -0.25) is 0 Å². The molecule has 3 aromatic carbocycles. The molecule has 0 amide bonds. The van der Waals surface area contributed by atoms with Gasteiger partial charge >= 0.3 is 25.8 Å². The van der Waals surface area contributed by atoms with E-state index in [1.165, 1.54) is 36.4 Å². The number of benzene rings is 3. The van der Waals surface area contributed by atoms with E-state index in [0.717, 1.165) is 36.4 Å². The second-order valence-electron chi connectivity index (χ2n) is 5.65. The Bertz CT molecular complexity index is 1250. The molecular weight excluding hydrogens is 558 g/mol. The fourth-order valence-corrected chi connectivity index (χ4v) is 3.60. The van der Waals surface area contributed by atoms with Crippen LogP contribution in [-0.4, -0.2) is 38.9 Å². The van der Waals surface area contributed by atoms with Gasteiger partial charge in [-0.05, 0) is 36.4 Å². The second kappa shape index (κ2) is 13.2. The molecule has 3 aromatic rings. The van der Waals surface area contributed by atoms with Crippen molar-refractivity contribution in [2.45, 2.75) is 14.7 Å². The van der Waals surface area contributed by atoms with Gasteiger partial charge in [0.1, 0.15) is 47.8 Å². The van der Waals surface area contributed by atoms with Crippen LogP contribution in [0.5, 0.6) is 0 Å². The quantitative estimate of drug-likeness (QED) is 0.428. The standard InChI is InChI=1S/3C6H5FO3S.Sc/c3*7-5-3-1-2-4-6(5)11(8,9)10;/h3*1-4H,(H,8,9,10);/q;;;+3/p-3. The Balaban J connectivity index is 0.000000473. The maximum atomic E-state index is 12.5. The molecule has 0 aromatic heterocycles. The van der Waals surface area contributed by atoms with Gasteiger partial charge in [-0.15, -0.1) is 0 Å². The van der Waals surface area contributed by atoms with Gasteiger partial charge in [-0.25, -0.2) is 38.4 Å². The molecule has 0 unspecified atom stereocenters. The maximum Gasteiger partial charge on any atom is 3.00 e. The van der Waals surface area contributed by atoms with Crippen LogP contribution in [0, 0.1) is 17.5 Å². The SMILES string of the molecule is O=S(=O)([O-])c1ccccc1F.O=S(=O)([O-])c1ccccc1F.O=S(=O)([O-])c1ccccc1F.[Sc+3]. The smallest absolute Gasteiger partial charge is 0.744 e. The molecule has 0 heterocycles. The van der Waals surface area contributed by atoms with Crippen LogP contribution < -0.4 is 0 Å². The molecule has 0 aliphatic carbocycles. The summed E-state index contributed by atoms with van der Waals surface area (Å²) in [6.07, 6.45) is 0. The van der Waals surface area contributed by atoms with Crippen molar-refractivity contribution >= 4 is 30.4 Å². The Hall–Kier alpha value is -1.95. The first-order chi connectivity index (χ1) is 15.0. The Kier molecular flexibility index (Phi) is 12.5. The maximum absolute atomic E-state index is 12.5. The summed E-state index contributed by atoms with van der Waals surface area (Å²) in [5.41, 5.74) is 0. The average molecular weight is 570 g/mol. The zero-order chi connectivity index (χ0) is 25.4. The number of rotatable bonds is 3. The van der Waals surface area contributed by atoms with E-state index in [1.54, 1.807) is 0 Å². The molecule has 9 nitrogen and oxygen atoms in total. The predicted octanol–water partition coefficient (Wildman–Crippen LogP) is 2.19. The van der Waals surface area contributed by atoms with Crippen molar-refractivity contribution in [2.24, 2.45) is 0 Å². The Labute approximate surface area is 212 Å². The topological polar surface area (TPSA) is 172 Å². The van der Waals surface area contributed by atoms with Gasteiger partial charge in [-0.1, -0.05) is 36.4 Å². The van der Waals surface area contributed by atoms with E-state index in [9.17, 15) is 52.1 Å². The third-order valence-electron chi connectivity index (χ3n) is 3.32. The van der Waals surface area contributed by atoms with Gasteiger partial charge in [0.05, 0.1) is 14.7 Å². The van der Waals surface area contributed by atoms with E-state index in [2.05, 4.69) is 0 Å². The van der Waals surface area contributed by atoms with E-state index >= 15 is 0 Å². The van der Waals surface area contributed by atoms with Gasteiger partial charge in [0, 0.05) is 0 Å². The average Bonchev–Trinajstić information content (AvgIpc) is 2.67. The first-order valence-corrected chi connectivity index (χ1v) is 12.4. The van der Waals surface area contributed by atoms with Crippen LogP contribution >= 0.6 is 0 Å². The van der Waals surface area contributed by atoms with Crippen LogP contribution in [-0.2, 0) is 56.2 Å². The molecule has 0 fully saturated rings.